The number of hydrogen-bond donors (Lipinski definition) is 1. The number of amides is 1. The van der Waals surface area contributed by atoms with Crippen LogP contribution >= 0.6 is 28.1 Å². The molecule has 0 spiro atoms. The molecule has 2 aromatic carbocycles. The number of nitrogens with one attached hydrogen (secondary N) is 1. The van der Waals surface area contributed by atoms with Gasteiger partial charge in [0, 0.05) is 19.2 Å². The number of rotatable bonds is 7. The minimum Gasteiger partial charge on any atom is -0.492 e. The maximum atomic E-state index is 12.5. The van der Waals surface area contributed by atoms with Crippen molar-refractivity contribution in [3.05, 3.63) is 64.1 Å². The monoisotopic (exact) mass is 448 g/mol. The molecule has 6 heteroatoms. The normalized spacial score (nSPS) is 10.6. The van der Waals surface area contributed by atoms with Crippen LogP contribution in [0, 0.1) is 5.92 Å². The first-order valence-corrected chi connectivity index (χ1v) is 10.1. The fourth-order valence-corrected chi connectivity index (χ4v) is 3.01. The van der Waals surface area contributed by atoms with Crippen molar-refractivity contribution in [2.75, 3.05) is 13.7 Å². The Bertz CT molecular complexity index is 781. The molecule has 4 nitrogen and oxygen atoms in total. The highest BCUT2D eigenvalue weighted by Crippen LogP contribution is 2.26. The van der Waals surface area contributed by atoms with Gasteiger partial charge in [0.15, 0.2) is 5.11 Å². The van der Waals surface area contributed by atoms with E-state index in [9.17, 15) is 4.79 Å². The highest BCUT2D eigenvalue weighted by molar-refractivity contribution is 9.10. The predicted molar refractivity (Wildman–Crippen MR) is 117 cm³/mol. The summed E-state index contributed by atoms with van der Waals surface area (Å²) in [6.07, 6.45) is 0.983. The molecule has 2 aromatic rings. The number of hydrogen-bond acceptors (Lipinski definition) is 3. The molecule has 1 amide bonds. The second-order valence-corrected chi connectivity index (χ2v) is 8.02. The molecule has 144 valence electrons. The van der Waals surface area contributed by atoms with Crippen molar-refractivity contribution in [3.8, 4) is 5.75 Å². The molecule has 0 aliphatic carbocycles. The van der Waals surface area contributed by atoms with Crippen LogP contribution in [0.4, 0.5) is 0 Å². The van der Waals surface area contributed by atoms with E-state index in [0.717, 1.165) is 22.2 Å². The molecular formula is C21H25BrN2O2S. The minimum absolute atomic E-state index is 0.241. The third-order valence-electron chi connectivity index (χ3n) is 3.98. The predicted octanol–water partition coefficient (Wildman–Crippen LogP) is 5.02. The zero-order chi connectivity index (χ0) is 19.8. The summed E-state index contributed by atoms with van der Waals surface area (Å²) in [5.74, 6) is 1.08. The summed E-state index contributed by atoms with van der Waals surface area (Å²) >= 11 is 8.82. The van der Waals surface area contributed by atoms with Crippen LogP contribution in [-0.2, 0) is 6.54 Å². The molecule has 0 aliphatic heterocycles. The molecule has 0 radical (unpaired) electrons. The number of carbonyl (C=O) groups is 1. The quantitative estimate of drug-likeness (QED) is 0.603. The van der Waals surface area contributed by atoms with Crippen LogP contribution in [0.25, 0.3) is 0 Å². The number of halogens is 1. The average molecular weight is 449 g/mol. The second kappa shape index (κ2) is 10.4. The smallest absolute Gasteiger partial charge is 0.257 e. The van der Waals surface area contributed by atoms with Crippen molar-refractivity contribution in [2.24, 2.45) is 5.92 Å². The van der Waals surface area contributed by atoms with Gasteiger partial charge in [-0.25, -0.2) is 0 Å². The van der Waals surface area contributed by atoms with Crippen LogP contribution in [0.1, 0.15) is 36.2 Å². The van der Waals surface area contributed by atoms with E-state index < -0.39 is 0 Å². The average Bonchev–Trinajstić information content (AvgIpc) is 2.63. The summed E-state index contributed by atoms with van der Waals surface area (Å²) in [5, 5.41) is 3.16. The maximum absolute atomic E-state index is 12.5. The lowest BCUT2D eigenvalue weighted by molar-refractivity contribution is 0.0973. The number of ether oxygens (including phenoxy) is 1. The van der Waals surface area contributed by atoms with Gasteiger partial charge in [-0.3, -0.25) is 10.1 Å². The summed E-state index contributed by atoms with van der Waals surface area (Å²) in [4.78, 5) is 14.3. The number of nitrogens with zero attached hydrogens (tertiary/aromatic N) is 1. The highest BCUT2D eigenvalue weighted by atomic mass is 79.9. The number of thiocarbonyl (C=S) groups is 1. The zero-order valence-electron chi connectivity index (χ0n) is 15.9. The summed E-state index contributed by atoms with van der Waals surface area (Å²) in [7, 11) is 1.86. The molecule has 0 atom stereocenters. The van der Waals surface area contributed by atoms with E-state index in [1.54, 1.807) is 18.2 Å². The van der Waals surface area contributed by atoms with Gasteiger partial charge in [0.05, 0.1) is 11.1 Å². The standard InChI is InChI=1S/C21H25BrN2O2S/c1-15(2)11-12-26-19-10-9-17(13-18(19)22)20(25)23-21(27)24(3)14-16-7-5-4-6-8-16/h4-10,13,15H,11-12,14H2,1-3H3,(H,23,25,27). The molecule has 27 heavy (non-hydrogen) atoms. The van der Waals surface area contributed by atoms with Crippen molar-refractivity contribution in [2.45, 2.75) is 26.8 Å². The van der Waals surface area contributed by atoms with Gasteiger partial charge in [0.25, 0.3) is 5.91 Å². The fraction of sp³-hybridized carbons (Fsp3) is 0.333. The lowest BCUT2D eigenvalue weighted by atomic mass is 10.1. The van der Waals surface area contributed by atoms with Crippen molar-refractivity contribution < 1.29 is 9.53 Å². The minimum atomic E-state index is -0.241. The van der Waals surface area contributed by atoms with E-state index in [0.29, 0.717) is 29.7 Å². The van der Waals surface area contributed by atoms with Gasteiger partial charge >= 0.3 is 0 Å². The lowest BCUT2D eigenvalue weighted by Crippen LogP contribution is -2.40. The molecule has 0 fully saturated rings. The Hall–Kier alpha value is -1.92. The van der Waals surface area contributed by atoms with Crippen LogP contribution in [0.2, 0.25) is 0 Å². The van der Waals surface area contributed by atoms with E-state index in [1.807, 2.05) is 42.3 Å². The van der Waals surface area contributed by atoms with Crippen molar-refractivity contribution >= 4 is 39.2 Å². The first kappa shape index (κ1) is 21.4. The Balaban J connectivity index is 1.92. The van der Waals surface area contributed by atoms with E-state index in [4.69, 9.17) is 17.0 Å². The number of carbonyl (C=O) groups excluding carboxylic acids is 1. The third-order valence-corrected chi connectivity index (χ3v) is 5.01. The van der Waals surface area contributed by atoms with Crippen LogP contribution in [0.5, 0.6) is 5.75 Å². The first-order valence-electron chi connectivity index (χ1n) is 8.89. The topological polar surface area (TPSA) is 41.6 Å². The summed E-state index contributed by atoms with van der Waals surface area (Å²) < 4.78 is 6.51. The van der Waals surface area contributed by atoms with E-state index in [2.05, 4.69) is 35.1 Å². The SMILES string of the molecule is CC(C)CCOc1ccc(C(=O)NC(=S)N(C)Cc2ccccc2)cc1Br. The second-order valence-electron chi connectivity index (χ2n) is 6.78. The molecule has 0 unspecified atom stereocenters. The van der Waals surface area contributed by atoms with E-state index >= 15 is 0 Å². The Kier molecular flexibility index (Phi) is 8.25. The van der Waals surface area contributed by atoms with Gasteiger partial charge in [0.2, 0.25) is 0 Å². The van der Waals surface area contributed by atoms with E-state index in [-0.39, 0.29) is 5.91 Å². The molecule has 0 aliphatic rings. The van der Waals surface area contributed by atoms with Crippen LogP contribution in [0.3, 0.4) is 0 Å². The van der Waals surface area contributed by atoms with Gasteiger partial charge < -0.3 is 9.64 Å². The highest BCUT2D eigenvalue weighted by Gasteiger charge is 2.13. The van der Waals surface area contributed by atoms with Crippen LogP contribution < -0.4 is 10.1 Å². The van der Waals surface area contributed by atoms with Gasteiger partial charge in [0.1, 0.15) is 5.75 Å². The van der Waals surface area contributed by atoms with Crippen molar-refractivity contribution in [1.29, 1.82) is 0 Å². The zero-order valence-corrected chi connectivity index (χ0v) is 18.3. The van der Waals surface area contributed by atoms with Gasteiger partial charge in [-0.2, -0.15) is 0 Å². The molecular weight excluding hydrogens is 424 g/mol. The molecule has 0 saturated carbocycles. The Morgan fingerprint density at radius 3 is 2.56 bits per heavy atom. The molecule has 2 rings (SSSR count). The van der Waals surface area contributed by atoms with Gasteiger partial charge in [-0.15, -0.1) is 0 Å². The fourth-order valence-electron chi connectivity index (χ4n) is 2.36. The summed E-state index contributed by atoms with van der Waals surface area (Å²) in [6.45, 7) is 5.59. The molecule has 0 heterocycles. The molecule has 0 bridgehead atoms. The van der Waals surface area contributed by atoms with Gasteiger partial charge in [-0.1, -0.05) is 44.2 Å². The van der Waals surface area contributed by atoms with Crippen molar-refractivity contribution in [1.82, 2.24) is 10.2 Å². The Morgan fingerprint density at radius 1 is 1.22 bits per heavy atom. The van der Waals surface area contributed by atoms with Gasteiger partial charge in [-0.05, 0) is 64.2 Å². The Morgan fingerprint density at radius 2 is 1.93 bits per heavy atom. The van der Waals surface area contributed by atoms with Crippen LogP contribution in [-0.4, -0.2) is 29.6 Å². The lowest BCUT2D eigenvalue weighted by Gasteiger charge is -2.20. The largest absolute Gasteiger partial charge is 0.492 e. The molecule has 1 N–H and O–H groups in total. The van der Waals surface area contributed by atoms with Crippen molar-refractivity contribution in [3.63, 3.8) is 0 Å². The first-order chi connectivity index (χ1) is 12.9. The summed E-state index contributed by atoms with van der Waals surface area (Å²) in [5.41, 5.74) is 1.65. The molecule has 0 aromatic heterocycles. The van der Waals surface area contributed by atoms with Crippen LogP contribution in [0.15, 0.2) is 53.0 Å². The summed E-state index contributed by atoms with van der Waals surface area (Å²) in [6, 6.07) is 15.3. The number of benzene rings is 2. The maximum Gasteiger partial charge on any atom is 0.257 e. The molecule has 0 saturated heterocycles. The van der Waals surface area contributed by atoms with E-state index in [1.165, 1.54) is 0 Å². The Labute approximate surface area is 175 Å². The third kappa shape index (κ3) is 6.96.